The first-order valence-electron chi connectivity index (χ1n) is 20.9. The zero-order chi connectivity index (χ0) is 40.3. The van der Waals surface area contributed by atoms with Crippen molar-refractivity contribution in [3.05, 3.63) is 251 Å². The van der Waals surface area contributed by atoms with Crippen molar-refractivity contribution >= 4 is 28.4 Å². The van der Waals surface area contributed by atoms with Gasteiger partial charge in [-0.15, -0.1) is 0 Å². The molecule has 0 heterocycles. The van der Waals surface area contributed by atoms with E-state index in [9.17, 15) is 0 Å². The number of benzene rings is 8. The Hall–Kier alpha value is -7.11. The summed E-state index contributed by atoms with van der Waals surface area (Å²) >= 11 is 0. The third-order valence-corrected chi connectivity index (χ3v) is 12.1. The highest BCUT2D eigenvalue weighted by Gasteiger charge is 2.50. The van der Waals surface area contributed by atoms with Crippen LogP contribution in [0.25, 0.3) is 33.0 Å². The molecule has 0 fully saturated rings. The maximum absolute atomic E-state index is 6.64. The van der Waals surface area contributed by atoms with Crippen LogP contribution in [0.4, 0.5) is 11.4 Å². The topological polar surface area (TPSA) is 62.4 Å². The first-order valence-corrected chi connectivity index (χ1v) is 20.9. The van der Waals surface area contributed by atoms with Gasteiger partial charge in [-0.25, -0.2) is 0 Å². The quantitative estimate of drug-likeness (QED) is 0.0906. The number of hydrogen-bond donors (Lipinski definition) is 3. The van der Waals surface area contributed by atoms with Crippen molar-refractivity contribution in [3.63, 3.8) is 0 Å². The summed E-state index contributed by atoms with van der Waals surface area (Å²) < 4.78 is 0. The molecule has 0 bridgehead atoms. The predicted molar refractivity (Wildman–Crippen MR) is 251 cm³/mol. The minimum atomic E-state index is -0.504. The van der Waals surface area contributed by atoms with Crippen molar-refractivity contribution in [3.8, 4) is 22.3 Å². The van der Waals surface area contributed by atoms with Gasteiger partial charge in [-0.2, -0.15) is 0 Å². The molecule has 10 rings (SSSR count). The van der Waals surface area contributed by atoms with Crippen LogP contribution in [0.3, 0.4) is 0 Å². The number of rotatable bonds is 11. The lowest BCUT2D eigenvalue weighted by atomic mass is 9.63. The van der Waals surface area contributed by atoms with Gasteiger partial charge >= 0.3 is 0 Å². The molecule has 0 radical (unpaired) electrons. The van der Waals surface area contributed by atoms with Gasteiger partial charge in [0.2, 0.25) is 0 Å². The zero-order valence-electron chi connectivity index (χ0n) is 33.4. The normalized spacial score (nSPS) is 16.6. The average Bonchev–Trinajstić information content (AvgIpc) is 3.64. The van der Waals surface area contributed by atoms with Crippen molar-refractivity contribution in [2.24, 2.45) is 10.7 Å². The highest BCUT2D eigenvalue weighted by atomic mass is 15.1. The van der Waals surface area contributed by atoms with Crippen LogP contribution in [0.1, 0.15) is 58.6 Å². The third kappa shape index (κ3) is 6.66. The van der Waals surface area contributed by atoms with Crippen molar-refractivity contribution < 1.29 is 0 Å². The van der Waals surface area contributed by atoms with E-state index in [4.69, 9.17) is 10.7 Å². The Morgan fingerprint density at radius 2 is 1.22 bits per heavy atom. The molecule has 2 aliphatic rings. The minimum absolute atomic E-state index is 0.325. The number of anilines is 2. The van der Waals surface area contributed by atoms with E-state index in [1.165, 1.54) is 55.3 Å². The molecule has 290 valence electrons. The molecule has 0 saturated heterocycles. The molecule has 0 saturated carbocycles. The number of allylic oxidation sites excluding steroid dienone is 4. The number of nitrogens with zero attached hydrogens (tertiary/aromatic N) is 1. The lowest BCUT2D eigenvalue weighted by Crippen LogP contribution is -2.31. The molecule has 8 aromatic rings. The van der Waals surface area contributed by atoms with Crippen LogP contribution >= 0.6 is 0 Å². The number of nitrogens with two attached hydrogens (primary N) is 1. The Labute approximate surface area is 352 Å². The molecular formula is C56H46N4. The number of aliphatic imine (C=N–C) groups is 1. The van der Waals surface area contributed by atoms with E-state index >= 15 is 0 Å². The Morgan fingerprint density at radius 3 is 1.92 bits per heavy atom. The van der Waals surface area contributed by atoms with Gasteiger partial charge in [0.1, 0.15) is 6.17 Å². The highest BCUT2D eigenvalue weighted by molar-refractivity contribution is 6.15. The molecular weight excluding hydrogens is 729 g/mol. The summed E-state index contributed by atoms with van der Waals surface area (Å²) in [6, 6.07) is 69.1. The molecule has 0 aliphatic heterocycles. The van der Waals surface area contributed by atoms with Crippen molar-refractivity contribution in [2.45, 2.75) is 30.6 Å². The lowest BCUT2D eigenvalue weighted by Gasteiger charge is -2.38. The van der Waals surface area contributed by atoms with Crippen LogP contribution in [-0.2, 0) is 5.41 Å². The summed E-state index contributed by atoms with van der Waals surface area (Å²) in [5, 5.41) is 9.97. The average molecular weight is 775 g/mol. The van der Waals surface area contributed by atoms with Crippen molar-refractivity contribution in [1.82, 2.24) is 5.32 Å². The highest BCUT2D eigenvalue weighted by Crippen LogP contribution is 2.63. The summed E-state index contributed by atoms with van der Waals surface area (Å²) in [4.78, 5) is 5.04. The second kappa shape index (κ2) is 16.3. The van der Waals surface area contributed by atoms with Crippen molar-refractivity contribution in [2.75, 3.05) is 5.32 Å². The van der Waals surface area contributed by atoms with Gasteiger partial charge in [0.05, 0.1) is 17.3 Å². The molecule has 3 unspecified atom stereocenters. The van der Waals surface area contributed by atoms with Crippen molar-refractivity contribution in [1.29, 1.82) is 0 Å². The molecule has 8 aromatic carbocycles. The fourth-order valence-corrected chi connectivity index (χ4v) is 9.45. The summed E-state index contributed by atoms with van der Waals surface area (Å²) in [7, 11) is 0. The third-order valence-electron chi connectivity index (χ3n) is 12.1. The predicted octanol–water partition coefficient (Wildman–Crippen LogP) is 13.2. The van der Waals surface area contributed by atoms with Gasteiger partial charge in [0.15, 0.2) is 0 Å². The van der Waals surface area contributed by atoms with Crippen LogP contribution < -0.4 is 16.4 Å². The Bertz CT molecular complexity index is 2870. The molecule has 0 aromatic heterocycles. The SMILES string of the molecule is NC(NC(N=Cc1ccc(Nc2c(-c3ccccc3)c3c(c4ccccc24)-c2ccccc2C3(C2=CC=CCC2)c2ccccc2)cc1)c1ccccc1)c1ccccc1. The van der Waals surface area contributed by atoms with E-state index in [-0.39, 0.29) is 12.3 Å². The first-order chi connectivity index (χ1) is 29.7. The summed E-state index contributed by atoms with van der Waals surface area (Å²) in [5.74, 6) is 0. The van der Waals surface area contributed by atoms with E-state index in [1.807, 2.05) is 54.7 Å². The largest absolute Gasteiger partial charge is 0.355 e. The standard InChI is InChI=1S/C56H46N4/c57-54(41-22-8-2-9-23-41)60-55(42-24-10-3-11-25-42)58-38-39-34-36-45(37-35-39)59-53-47-31-17-16-30-46(47)51-48-32-18-19-33-49(48)56(43-26-12-4-13-27-43,44-28-14-5-15-29-44)52(51)50(53)40-20-6-1-7-21-40/h1-14,16-28,30-38,54-55,59-60H,15,29,57H2. The van der Waals surface area contributed by atoms with Gasteiger partial charge < -0.3 is 11.1 Å². The Morgan fingerprint density at radius 1 is 0.600 bits per heavy atom. The van der Waals surface area contributed by atoms with E-state index in [2.05, 4.69) is 174 Å². The molecule has 0 amide bonds. The number of nitrogens with one attached hydrogen (secondary N) is 2. The summed E-state index contributed by atoms with van der Waals surface area (Å²) in [6.45, 7) is 0. The van der Waals surface area contributed by atoms with Crippen LogP contribution in [0, 0.1) is 0 Å². The summed E-state index contributed by atoms with van der Waals surface area (Å²) in [6.07, 6.45) is 10.2. The molecule has 4 heteroatoms. The Balaban J connectivity index is 1.11. The van der Waals surface area contributed by atoms with E-state index in [1.54, 1.807) is 0 Å². The van der Waals surface area contributed by atoms with Gasteiger partial charge in [-0.05, 0) is 80.4 Å². The van der Waals surface area contributed by atoms with E-state index < -0.39 is 5.41 Å². The second-order valence-corrected chi connectivity index (χ2v) is 15.6. The molecule has 4 nitrogen and oxygen atoms in total. The van der Waals surface area contributed by atoms with Gasteiger partial charge in [-0.3, -0.25) is 10.3 Å². The molecule has 2 aliphatic carbocycles. The fraction of sp³-hybridized carbons (Fsp3) is 0.0893. The van der Waals surface area contributed by atoms with Crippen LogP contribution in [-0.4, -0.2) is 6.21 Å². The maximum Gasteiger partial charge on any atom is 0.127 e. The second-order valence-electron chi connectivity index (χ2n) is 15.6. The number of hydrogen-bond acceptors (Lipinski definition) is 4. The molecule has 3 atom stereocenters. The van der Waals surface area contributed by atoms with Crippen LogP contribution in [0.5, 0.6) is 0 Å². The van der Waals surface area contributed by atoms with Crippen LogP contribution in [0.2, 0.25) is 0 Å². The zero-order valence-corrected chi connectivity index (χ0v) is 33.4. The fourth-order valence-electron chi connectivity index (χ4n) is 9.45. The van der Waals surface area contributed by atoms with E-state index in [0.29, 0.717) is 0 Å². The van der Waals surface area contributed by atoms with E-state index in [0.717, 1.165) is 40.9 Å². The molecule has 60 heavy (non-hydrogen) atoms. The van der Waals surface area contributed by atoms with Gasteiger partial charge in [0.25, 0.3) is 0 Å². The monoisotopic (exact) mass is 774 g/mol. The Kier molecular flexibility index (Phi) is 10.1. The molecule has 4 N–H and O–H groups in total. The van der Waals surface area contributed by atoms with Gasteiger partial charge in [0, 0.05) is 22.9 Å². The smallest absolute Gasteiger partial charge is 0.127 e. The molecule has 0 spiro atoms. The summed E-state index contributed by atoms with van der Waals surface area (Å²) in [5.41, 5.74) is 21.7. The number of fused-ring (bicyclic) bond motifs is 5. The minimum Gasteiger partial charge on any atom is -0.355 e. The maximum atomic E-state index is 6.64. The first kappa shape index (κ1) is 37.2. The lowest BCUT2D eigenvalue weighted by molar-refractivity contribution is 0.467. The van der Waals surface area contributed by atoms with Gasteiger partial charge in [-0.1, -0.05) is 206 Å². The van der Waals surface area contributed by atoms with Crippen LogP contribution in [0.15, 0.2) is 223 Å².